The number of ketones is 1. The molecule has 1 aliphatic heterocycles. The average Bonchev–Trinajstić information content (AvgIpc) is 2.81. The number of ether oxygens (including phenoxy) is 2. The maximum Gasteiger partial charge on any atom is 0.161 e. The fourth-order valence-electron chi connectivity index (χ4n) is 4.35. The molecule has 164 valence electrons. The summed E-state index contributed by atoms with van der Waals surface area (Å²) in [5.41, 5.74) is 9.25. The van der Waals surface area contributed by atoms with E-state index in [2.05, 4.69) is 6.07 Å². The van der Waals surface area contributed by atoms with Gasteiger partial charge in [0.05, 0.1) is 24.7 Å². The second-order valence-electron chi connectivity index (χ2n) is 7.83. The molecule has 0 saturated heterocycles. The van der Waals surface area contributed by atoms with Gasteiger partial charge < -0.3 is 20.1 Å². The van der Waals surface area contributed by atoms with Gasteiger partial charge in [0.25, 0.3) is 0 Å². The number of rotatable bonds is 5. The van der Waals surface area contributed by atoms with Crippen molar-refractivity contribution in [1.82, 2.24) is 4.90 Å². The molecule has 0 spiro atoms. The Balaban J connectivity index is 1.72. The van der Waals surface area contributed by atoms with Gasteiger partial charge in [0.1, 0.15) is 18.2 Å². The number of methoxy groups -OCH3 is 1. The first-order valence-electron chi connectivity index (χ1n) is 10.4. The molecule has 0 saturated carbocycles. The smallest absolute Gasteiger partial charge is 0.161 e. The molecule has 0 fully saturated rings. The highest BCUT2D eigenvalue weighted by Crippen LogP contribution is 2.45. The first-order valence-corrected chi connectivity index (χ1v) is 10.4. The Labute approximate surface area is 186 Å². The van der Waals surface area contributed by atoms with E-state index in [0.717, 1.165) is 24.1 Å². The van der Waals surface area contributed by atoms with Crippen LogP contribution < -0.4 is 15.2 Å². The SMILES string of the molecule is COc1cc([C@@H]2C(C#N)=C(N)N(C)C3=C2C(=O)CCC3)ccc1OCc1ccccc1F. The van der Waals surface area contributed by atoms with E-state index in [4.69, 9.17) is 15.2 Å². The number of Topliss-reactive ketones (excluding diaryl/α,β-unsaturated/α-hetero) is 1. The molecule has 2 aromatic carbocycles. The van der Waals surface area contributed by atoms with Gasteiger partial charge in [-0.1, -0.05) is 24.3 Å². The second kappa shape index (κ2) is 8.75. The number of nitriles is 1. The Morgan fingerprint density at radius 2 is 2.00 bits per heavy atom. The predicted octanol–water partition coefficient (Wildman–Crippen LogP) is 4.14. The third-order valence-electron chi connectivity index (χ3n) is 6.03. The van der Waals surface area contributed by atoms with Crippen LogP contribution in [0, 0.1) is 17.1 Å². The highest BCUT2D eigenvalue weighted by molar-refractivity contribution is 5.99. The van der Waals surface area contributed by atoms with Gasteiger partial charge in [0.15, 0.2) is 17.3 Å². The lowest BCUT2D eigenvalue weighted by molar-refractivity contribution is -0.116. The van der Waals surface area contributed by atoms with Crippen molar-refractivity contribution < 1.29 is 18.7 Å². The largest absolute Gasteiger partial charge is 0.493 e. The van der Waals surface area contributed by atoms with Crippen molar-refractivity contribution in [3.63, 3.8) is 0 Å². The van der Waals surface area contributed by atoms with Crippen LogP contribution in [0.4, 0.5) is 4.39 Å². The number of halogens is 1. The number of nitrogens with two attached hydrogens (primary N) is 1. The van der Waals surface area contributed by atoms with Gasteiger partial charge in [-0.15, -0.1) is 0 Å². The van der Waals surface area contributed by atoms with Crippen molar-refractivity contribution in [3.8, 4) is 17.6 Å². The van der Waals surface area contributed by atoms with Crippen LogP contribution >= 0.6 is 0 Å². The lowest BCUT2D eigenvalue weighted by Gasteiger charge is -2.37. The fraction of sp³-hybridized carbons (Fsp3) is 0.280. The fourth-order valence-corrected chi connectivity index (χ4v) is 4.35. The minimum atomic E-state index is -0.562. The minimum absolute atomic E-state index is 0.0298. The number of allylic oxidation sites excluding steroid dienone is 3. The van der Waals surface area contributed by atoms with E-state index in [1.165, 1.54) is 13.2 Å². The number of carbonyl (C=O) groups is 1. The molecule has 2 N–H and O–H groups in total. The van der Waals surface area contributed by atoms with E-state index in [1.54, 1.807) is 48.3 Å². The molecule has 1 atom stereocenters. The summed E-state index contributed by atoms with van der Waals surface area (Å²) in [5.74, 6) is 0.343. The molecular weight excluding hydrogens is 409 g/mol. The molecule has 0 unspecified atom stereocenters. The van der Waals surface area contributed by atoms with Crippen molar-refractivity contribution in [2.45, 2.75) is 31.8 Å². The molecule has 7 heteroatoms. The topological polar surface area (TPSA) is 88.6 Å². The molecule has 2 aliphatic rings. The van der Waals surface area contributed by atoms with Gasteiger partial charge in [-0.25, -0.2) is 4.39 Å². The van der Waals surface area contributed by atoms with E-state index in [9.17, 15) is 14.4 Å². The zero-order chi connectivity index (χ0) is 22.8. The summed E-state index contributed by atoms with van der Waals surface area (Å²) in [6.45, 7) is 0.0423. The second-order valence-corrected chi connectivity index (χ2v) is 7.83. The summed E-state index contributed by atoms with van der Waals surface area (Å²) >= 11 is 0. The van der Waals surface area contributed by atoms with Gasteiger partial charge in [0, 0.05) is 30.3 Å². The number of hydrogen-bond donors (Lipinski definition) is 1. The van der Waals surface area contributed by atoms with Crippen LogP contribution in [0.3, 0.4) is 0 Å². The van der Waals surface area contributed by atoms with Crippen molar-refractivity contribution in [2.24, 2.45) is 5.73 Å². The molecule has 6 nitrogen and oxygen atoms in total. The molecule has 1 heterocycles. The molecule has 32 heavy (non-hydrogen) atoms. The normalized spacial score (nSPS) is 18.4. The molecular formula is C25H24FN3O3. The molecule has 1 aliphatic carbocycles. The predicted molar refractivity (Wildman–Crippen MR) is 117 cm³/mol. The Kier molecular flexibility index (Phi) is 5.87. The first-order chi connectivity index (χ1) is 15.5. The van der Waals surface area contributed by atoms with Crippen LogP contribution in [0.15, 0.2) is 65.1 Å². The van der Waals surface area contributed by atoms with Crippen LogP contribution in [-0.2, 0) is 11.4 Å². The van der Waals surface area contributed by atoms with E-state index < -0.39 is 5.92 Å². The van der Waals surface area contributed by atoms with Gasteiger partial charge in [-0.3, -0.25) is 4.79 Å². The third-order valence-corrected chi connectivity index (χ3v) is 6.03. The maximum atomic E-state index is 13.9. The summed E-state index contributed by atoms with van der Waals surface area (Å²) in [5, 5.41) is 9.86. The number of carbonyl (C=O) groups excluding carboxylic acids is 1. The van der Waals surface area contributed by atoms with Crippen LogP contribution in [-0.4, -0.2) is 24.8 Å². The summed E-state index contributed by atoms with van der Waals surface area (Å²) in [6, 6.07) is 13.9. The monoisotopic (exact) mass is 433 g/mol. The van der Waals surface area contributed by atoms with Gasteiger partial charge >= 0.3 is 0 Å². The summed E-state index contributed by atoms with van der Waals surface area (Å²) in [4.78, 5) is 14.6. The zero-order valence-corrected chi connectivity index (χ0v) is 18.0. The van der Waals surface area contributed by atoms with Crippen molar-refractivity contribution in [2.75, 3.05) is 14.2 Å². The Morgan fingerprint density at radius 1 is 1.22 bits per heavy atom. The lowest BCUT2D eigenvalue weighted by atomic mass is 9.76. The van der Waals surface area contributed by atoms with Crippen molar-refractivity contribution >= 4 is 5.78 Å². The maximum absolute atomic E-state index is 13.9. The highest BCUT2D eigenvalue weighted by atomic mass is 19.1. The molecule has 0 amide bonds. The van der Waals surface area contributed by atoms with Crippen LogP contribution in [0.25, 0.3) is 0 Å². The number of benzene rings is 2. The molecule has 4 rings (SSSR count). The van der Waals surface area contributed by atoms with Gasteiger partial charge in [-0.2, -0.15) is 5.26 Å². The van der Waals surface area contributed by atoms with Crippen LogP contribution in [0.5, 0.6) is 11.5 Å². The molecule has 0 bridgehead atoms. The standard InChI is InChI=1S/C25H24FN3O3/c1-29-19-8-5-9-20(30)24(19)23(17(13-27)25(29)28)15-10-11-21(22(12-15)31-2)32-14-16-6-3-4-7-18(16)26/h3-4,6-7,10-12,23H,5,8-9,14,28H2,1-2H3/t23-/m1/s1. The molecule has 0 radical (unpaired) electrons. The summed E-state index contributed by atoms with van der Waals surface area (Å²) in [7, 11) is 3.30. The average molecular weight is 433 g/mol. The van der Waals surface area contributed by atoms with E-state index >= 15 is 0 Å². The molecule has 0 aromatic heterocycles. The number of hydrogen-bond acceptors (Lipinski definition) is 6. The zero-order valence-electron chi connectivity index (χ0n) is 18.0. The van der Waals surface area contributed by atoms with E-state index in [1.807, 2.05) is 0 Å². The van der Waals surface area contributed by atoms with Gasteiger partial charge in [0.2, 0.25) is 0 Å². The highest BCUT2D eigenvalue weighted by Gasteiger charge is 2.38. The third kappa shape index (κ3) is 3.69. The van der Waals surface area contributed by atoms with Crippen molar-refractivity contribution in [3.05, 3.63) is 82.1 Å². The van der Waals surface area contributed by atoms with Crippen LogP contribution in [0.2, 0.25) is 0 Å². The summed E-state index contributed by atoms with van der Waals surface area (Å²) in [6.07, 6.45) is 1.94. The quantitative estimate of drug-likeness (QED) is 0.762. The first kappa shape index (κ1) is 21.4. The molecule has 2 aromatic rings. The van der Waals surface area contributed by atoms with Crippen LogP contribution in [0.1, 0.15) is 36.3 Å². The van der Waals surface area contributed by atoms with E-state index in [0.29, 0.717) is 40.5 Å². The Hall–Kier alpha value is -3.79. The summed E-state index contributed by atoms with van der Waals surface area (Å²) < 4.78 is 25.2. The number of nitrogens with zero attached hydrogens (tertiary/aromatic N) is 2. The van der Waals surface area contributed by atoms with Crippen molar-refractivity contribution in [1.29, 1.82) is 5.26 Å². The van der Waals surface area contributed by atoms with Gasteiger partial charge in [-0.05, 0) is 36.6 Å². The minimum Gasteiger partial charge on any atom is -0.493 e. The Bertz CT molecular complexity index is 1180. The Morgan fingerprint density at radius 3 is 2.72 bits per heavy atom. The van der Waals surface area contributed by atoms with E-state index in [-0.39, 0.29) is 18.2 Å². The lowest BCUT2D eigenvalue weighted by Crippen LogP contribution is -2.36.